The topological polar surface area (TPSA) is 29.5 Å². The van der Waals surface area contributed by atoms with Crippen molar-refractivity contribution in [3.8, 4) is 16.9 Å². The average Bonchev–Trinajstić information content (AvgIpc) is 2.85. The van der Waals surface area contributed by atoms with Crippen LogP contribution in [-0.4, -0.2) is 18.8 Å². The molecule has 0 unspecified atom stereocenters. The molecule has 5 heteroatoms. The maximum absolute atomic E-state index is 14.9. The zero-order chi connectivity index (χ0) is 23.4. The lowest BCUT2D eigenvalue weighted by molar-refractivity contribution is 0.181. The number of hydrogen-bond donors (Lipinski definition) is 1. The Bertz CT molecular complexity index is 1130. The molecule has 0 bridgehead atoms. The van der Waals surface area contributed by atoms with Crippen LogP contribution in [-0.2, 0) is 0 Å². The first-order valence-electron chi connectivity index (χ1n) is 11.2. The van der Waals surface area contributed by atoms with E-state index in [9.17, 15) is 18.3 Å². The van der Waals surface area contributed by atoms with Crippen molar-refractivity contribution in [2.45, 2.75) is 31.6 Å². The molecule has 1 aliphatic carbocycles. The Kier molecular flexibility index (Phi) is 7.19. The molecule has 2 nitrogen and oxygen atoms in total. The van der Waals surface area contributed by atoms with Gasteiger partial charge in [0, 0.05) is 23.8 Å². The van der Waals surface area contributed by atoms with E-state index in [2.05, 4.69) is 0 Å². The summed E-state index contributed by atoms with van der Waals surface area (Å²) in [5.41, 5.74) is 2.46. The van der Waals surface area contributed by atoms with Crippen LogP contribution in [0.4, 0.5) is 13.2 Å². The van der Waals surface area contributed by atoms with E-state index in [1.165, 1.54) is 13.2 Å². The van der Waals surface area contributed by atoms with Crippen molar-refractivity contribution in [3.63, 3.8) is 0 Å². The van der Waals surface area contributed by atoms with E-state index in [0.717, 1.165) is 31.2 Å². The molecule has 33 heavy (non-hydrogen) atoms. The van der Waals surface area contributed by atoms with Crippen LogP contribution < -0.4 is 4.74 Å². The fourth-order valence-electron chi connectivity index (χ4n) is 4.49. The summed E-state index contributed by atoms with van der Waals surface area (Å²) in [4.78, 5) is 0. The van der Waals surface area contributed by atoms with Gasteiger partial charge in [0.15, 0.2) is 11.6 Å². The van der Waals surface area contributed by atoms with E-state index >= 15 is 0 Å². The Morgan fingerprint density at radius 2 is 1.61 bits per heavy atom. The average molecular weight is 453 g/mol. The molecular formula is C28H27F3O2. The lowest BCUT2D eigenvalue weighted by atomic mass is 9.78. The molecule has 1 fully saturated rings. The molecule has 1 N–H and O–H groups in total. The summed E-state index contributed by atoms with van der Waals surface area (Å²) in [7, 11) is 1.48. The number of methoxy groups -OCH3 is 1. The zero-order valence-electron chi connectivity index (χ0n) is 18.5. The van der Waals surface area contributed by atoms with Crippen LogP contribution in [0.2, 0.25) is 0 Å². The maximum atomic E-state index is 14.9. The first-order valence-corrected chi connectivity index (χ1v) is 11.2. The predicted molar refractivity (Wildman–Crippen MR) is 125 cm³/mol. The highest BCUT2D eigenvalue weighted by molar-refractivity contribution is 5.73. The van der Waals surface area contributed by atoms with Gasteiger partial charge in [0.05, 0.1) is 7.11 Å². The minimum absolute atomic E-state index is 0.0118. The first kappa shape index (κ1) is 23.1. The van der Waals surface area contributed by atoms with E-state index in [4.69, 9.17) is 4.74 Å². The molecule has 1 saturated carbocycles. The molecule has 0 aliphatic heterocycles. The highest BCUT2D eigenvalue weighted by atomic mass is 19.2. The molecule has 0 radical (unpaired) electrons. The molecular weight excluding hydrogens is 425 g/mol. The highest BCUT2D eigenvalue weighted by Crippen LogP contribution is 2.38. The second kappa shape index (κ2) is 10.3. The summed E-state index contributed by atoms with van der Waals surface area (Å²) in [6.07, 6.45) is 6.61. The van der Waals surface area contributed by atoms with Gasteiger partial charge in [0.2, 0.25) is 0 Å². The second-order valence-electron chi connectivity index (χ2n) is 8.57. The smallest absolute Gasteiger partial charge is 0.166 e. The van der Waals surface area contributed by atoms with Crippen molar-refractivity contribution >= 4 is 12.2 Å². The van der Waals surface area contributed by atoms with Gasteiger partial charge in [0.25, 0.3) is 0 Å². The number of hydrogen-bond acceptors (Lipinski definition) is 2. The van der Waals surface area contributed by atoms with Crippen LogP contribution >= 0.6 is 0 Å². The van der Waals surface area contributed by atoms with Gasteiger partial charge in [-0.15, -0.1) is 0 Å². The number of halogens is 3. The Morgan fingerprint density at radius 3 is 2.24 bits per heavy atom. The summed E-state index contributed by atoms with van der Waals surface area (Å²) in [6, 6.07) is 15.0. The molecule has 0 spiro atoms. The van der Waals surface area contributed by atoms with Crippen molar-refractivity contribution in [2.24, 2.45) is 5.92 Å². The molecule has 172 valence electrons. The number of aliphatic hydroxyl groups excluding tert-OH is 1. The predicted octanol–water partition coefficient (Wildman–Crippen LogP) is 7.22. The number of rotatable bonds is 6. The van der Waals surface area contributed by atoms with Crippen molar-refractivity contribution in [3.05, 3.63) is 88.7 Å². The molecule has 0 atom stereocenters. The van der Waals surface area contributed by atoms with E-state index in [-0.39, 0.29) is 29.8 Å². The van der Waals surface area contributed by atoms with Crippen LogP contribution in [0.5, 0.6) is 5.75 Å². The third kappa shape index (κ3) is 5.14. The highest BCUT2D eigenvalue weighted by Gasteiger charge is 2.26. The third-order valence-corrected chi connectivity index (χ3v) is 6.54. The van der Waals surface area contributed by atoms with E-state index in [0.29, 0.717) is 22.4 Å². The Labute approximate surface area is 192 Å². The van der Waals surface area contributed by atoms with Gasteiger partial charge >= 0.3 is 0 Å². The van der Waals surface area contributed by atoms with Crippen molar-refractivity contribution in [2.75, 3.05) is 13.7 Å². The lowest BCUT2D eigenvalue weighted by Gasteiger charge is -2.28. The molecule has 0 amide bonds. The van der Waals surface area contributed by atoms with Gasteiger partial charge in [-0.25, -0.2) is 13.2 Å². The standard InChI is InChI=1S/C28H27F3O2/c1-33-23-13-12-22(26(29)16-23)11-4-18-2-7-20(8-3-18)24-14-15-25(28(31)27(24)30)21-9-5-19(17-32)6-10-21/h2-4,7-8,11-16,19,21,32H,5-6,9-10,17H2,1H3/b11-4+. The van der Waals surface area contributed by atoms with Crippen LogP contribution in [0.3, 0.4) is 0 Å². The van der Waals surface area contributed by atoms with Crippen LogP contribution in [0.15, 0.2) is 54.6 Å². The van der Waals surface area contributed by atoms with Gasteiger partial charge in [-0.05, 0) is 66.3 Å². The van der Waals surface area contributed by atoms with E-state index < -0.39 is 11.6 Å². The number of benzene rings is 3. The molecule has 3 aromatic carbocycles. The quantitative estimate of drug-likeness (QED) is 0.400. The zero-order valence-corrected chi connectivity index (χ0v) is 18.5. The fourth-order valence-corrected chi connectivity index (χ4v) is 4.49. The number of aliphatic hydroxyl groups is 1. The lowest BCUT2D eigenvalue weighted by Crippen LogP contribution is -2.17. The Balaban J connectivity index is 1.50. The van der Waals surface area contributed by atoms with Crippen molar-refractivity contribution in [1.29, 1.82) is 0 Å². The molecule has 1 aliphatic rings. The van der Waals surface area contributed by atoms with E-state index in [1.54, 1.807) is 60.7 Å². The van der Waals surface area contributed by atoms with Gasteiger partial charge < -0.3 is 9.84 Å². The fraction of sp³-hybridized carbons (Fsp3) is 0.286. The maximum Gasteiger partial charge on any atom is 0.166 e. The minimum atomic E-state index is -0.833. The van der Waals surface area contributed by atoms with Crippen LogP contribution in [0.1, 0.15) is 48.3 Å². The van der Waals surface area contributed by atoms with Gasteiger partial charge in [-0.2, -0.15) is 0 Å². The summed E-state index contributed by atoms with van der Waals surface area (Å²) >= 11 is 0. The van der Waals surface area contributed by atoms with Gasteiger partial charge in [-0.3, -0.25) is 0 Å². The molecule has 0 saturated heterocycles. The second-order valence-corrected chi connectivity index (χ2v) is 8.57. The summed E-state index contributed by atoms with van der Waals surface area (Å²) < 4.78 is 49.0. The molecule has 3 aromatic rings. The summed E-state index contributed by atoms with van der Waals surface area (Å²) in [6.45, 7) is 0.155. The van der Waals surface area contributed by atoms with Gasteiger partial charge in [0.1, 0.15) is 11.6 Å². The Hall–Kier alpha value is -3.05. The van der Waals surface area contributed by atoms with E-state index in [1.807, 2.05) is 0 Å². The minimum Gasteiger partial charge on any atom is -0.497 e. The van der Waals surface area contributed by atoms with Crippen molar-refractivity contribution < 1.29 is 23.0 Å². The normalized spacial score (nSPS) is 18.6. The summed E-state index contributed by atoms with van der Waals surface area (Å²) in [5.74, 6) is -1.29. The van der Waals surface area contributed by atoms with Crippen LogP contribution in [0.25, 0.3) is 23.3 Å². The van der Waals surface area contributed by atoms with Gasteiger partial charge in [-0.1, -0.05) is 48.6 Å². The SMILES string of the molecule is COc1ccc(/C=C/c2ccc(-c3ccc(C4CCC(CO)CC4)c(F)c3F)cc2)c(F)c1. The van der Waals surface area contributed by atoms with Crippen LogP contribution in [0, 0.1) is 23.4 Å². The summed E-state index contributed by atoms with van der Waals surface area (Å²) in [5, 5.41) is 9.29. The molecule has 4 rings (SSSR count). The monoisotopic (exact) mass is 452 g/mol. The molecule has 0 heterocycles. The first-order chi connectivity index (χ1) is 16.0. The largest absolute Gasteiger partial charge is 0.497 e. The Morgan fingerprint density at radius 1 is 0.879 bits per heavy atom. The third-order valence-electron chi connectivity index (χ3n) is 6.54. The van der Waals surface area contributed by atoms with Crippen molar-refractivity contribution in [1.82, 2.24) is 0 Å². The number of ether oxygens (including phenoxy) is 1. The molecule has 0 aromatic heterocycles.